The third kappa shape index (κ3) is 5.89. The number of aromatic hydroxyl groups is 1. The van der Waals surface area contributed by atoms with E-state index < -0.39 is 17.7 Å². The lowest BCUT2D eigenvalue weighted by molar-refractivity contribution is -0.0226. The van der Waals surface area contributed by atoms with Gasteiger partial charge in [-0.15, -0.1) is 0 Å². The molecule has 27 heavy (non-hydrogen) atoms. The molecule has 2 rings (SSSR count). The van der Waals surface area contributed by atoms with Crippen molar-refractivity contribution < 1.29 is 28.2 Å². The summed E-state index contributed by atoms with van der Waals surface area (Å²) >= 11 is 0. The van der Waals surface area contributed by atoms with Crippen molar-refractivity contribution in [2.75, 3.05) is 13.2 Å². The minimum Gasteiger partial charge on any atom is -0.507 e. The van der Waals surface area contributed by atoms with Crippen molar-refractivity contribution in [1.29, 1.82) is 0 Å². The van der Waals surface area contributed by atoms with Gasteiger partial charge in [0.05, 0.1) is 18.3 Å². The van der Waals surface area contributed by atoms with E-state index in [1.807, 2.05) is 0 Å². The summed E-state index contributed by atoms with van der Waals surface area (Å²) in [5.74, 6) is -0.449. The van der Waals surface area contributed by atoms with Gasteiger partial charge in [0, 0.05) is 13.0 Å². The molecule has 6 heteroatoms. The fraction of sp³-hybridized carbons (Fsp3) is 0.667. The van der Waals surface area contributed by atoms with Crippen molar-refractivity contribution in [3.05, 3.63) is 23.3 Å². The second-order valence-electron chi connectivity index (χ2n) is 7.11. The molecule has 2 atom stereocenters. The Hall–Kier alpha value is -1.69. The van der Waals surface area contributed by atoms with Gasteiger partial charge in [0.15, 0.2) is 5.78 Å². The first kappa shape index (κ1) is 21.6. The van der Waals surface area contributed by atoms with Gasteiger partial charge in [-0.1, -0.05) is 13.3 Å². The second-order valence-corrected chi connectivity index (χ2v) is 7.11. The van der Waals surface area contributed by atoms with E-state index in [1.54, 1.807) is 6.92 Å². The Balaban J connectivity index is 1.90. The average molecular weight is 384 g/mol. The maximum absolute atomic E-state index is 13.3. The van der Waals surface area contributed by atoms with Crippen LogP contribution in [0.4, 0.5) is 8.78 Å². The maximum atomic E-state index is 13.3. The Labute approximate surface area is 159 Å². The lowest BCUT2D eigenvalue weighted by atomic mass is 9.92. The molecule has 1 heterocycles. The molecule has 0 aliphatic carbocycles. The van der Waals surface area contributed by atoms with Gasteiger partial charge in [0.1, 0.15) is 17.1 Å². The molecule has 0 spiro atoms. The van der Waals surface area contributed by atoms with Crippen molar-refractivity contribution in [2.45, 2.75) is 71.3 Å². The van der Waals surface area contributed by atoms with Crippen molar-refractivity contribution in [3.8, 4) is 11.5 Å². The molecular formula is C21H30F2O4. The quantitative estimate of drug-likeness (QED) is 0.528. The molecule has 1 aliphatic rings. The first-order valence-corrected chi connectivity index (χ1v) is 9.89. The molecule has 1 N–H and O–H groups in total. The molecule has 1 aromatic carbocycles. The SMILES string of the molecule is CCCC1CCC(CCCC(=O)c2ccc(OCC)c(C(F)F)c2O)OC1. The van der Waals surface area contributed by atoms with E-state index in [-0.39, 0.29) is 36.2 Å². The number of carbonyl (C=O) groups excluding carboxylic acids is 1. The zero-order valence-corrected chi connectivity index (χ0v) is 16.2. The number of rotatable bonds is 10. The molecule has 152 valence electrons. The van der Waals surface area contributed by atoms with Crippen molar-refractivity contribution in [3.63, 3.8) is 0 Å². The number of hydrogen-bond acceptors (Lipinski definition) is 4. The number of ether oxygens (including phenoxy) is 2. The molecule has 0 aromatic heterocycles. The number of phenolic OH excluding ortho intramolecular Hbond substituents is 1. The van der Waals surface area contributed by atoms with Gasteiger partial charge < -0.3 is 14.6 Å². The number of carbonyl (C=O) groups is 1. The molecule has 1 fully saturated rings. The van der Waals surface area contributed by atoms with E-state index in [4.69, 9.17) is 9.47 Å². The van der Waals surface area contributed by atoms with Gasteiger partial charge >= 0.3 is 0 Å². The van der Waals surface area contributed by atoms with Gasteiger partial charge in [-0.3, -0.25) is 4.79 Å². The van der Waals surface area contributed by atoms with Crippen LogP contribution in [0.2, 0.25) is 0 Å². The van der Waals surface area contributed by atoms with Gasteiger partial charge in [0.25, 0.3) is 6.43 Å². The second kappa shape index (κ2) is 10.6. The zero-order valence-electron chi connectivity index (χ0n) is 16.2. The van der Waals surface area contributed by atoms with E-state index in [9.17, 15) is 18.7 Å². The third-order valence-electron chi connectivity index (χ3n) is 5.09. The van der Waals surface area contributed by atoms with Crippen LogP contribution in [0.15, 0.2) is 12.1 Å². The number of alkyl halides is 2. The first-order valence-electron chi connectivity index (χ1n) is 9.89. The summed E-state index contributed by atoms with van der Waals surface area (Å²) in [6.45, 7) is 4.83. The monoisotopic (exact) mass is 384 g/mol. The van der Waals surface area contributed by atoms with Crippen LogP contribution < -0.4 is 4.74 Å². The molecule has 4 nitrogen and oxygen atoms in total. The first-order chi connectivity index (χ1) is 13.0. The highest BCUT2D eigenvalue weighted by Gasteiger charge is 2.25. The lowest BCUT2D eigenvalue weighted by Gasteiger charge is -2.28. The topological polar surface area (TPSA) is 55.8 Å². The number of ketones is 1. The highest BCUT2D eigenvalue weighted by Crippen LogP contribution is 2.39. The van der Waals surface area contributed by atoms with Crippen LogP contribution in [0, 0.1) is 5.92 Å². The minimum absolute atomic E-state index is 0.0682. The zero-order chi connectivity index (χ0) is 19.8. The maximum Gasteiger partial charge on any atom is 0.271 e. The van der Waals surface area contributed by atoms with Crippen LogP contribution in [0.5, 0.6) is 11.5 Å². The van der Waals surface area contributed by atoms with Gasteiger partial charge in [-0.05, 0) is 57.1 Å². The summed E-state index contributed by atoms with van der Waals surface area (Å²) in [5, 5.41) is 10.2. The number of Topliss-reactive ketones (excluding diaryl/α,β-unsaturated/α-hetero) is 1. The van der Waals surface area contributed by atoms with E-state index in [1.165, 1.54) is 25.0 Å². The highest BCUT2D eigenvalue weighted by atomic mass is 19.3. The summed E-state index contributed by atoms with van der Waals surface area (Å²) in [6, 6.07) is 2.69. The minimum atomic E-state index is -2.91. The summed E-state index contributed by atoms with van der Waals surface area (Å²) < 4.78 is 37.5. The molecule has 0 amide bonds. The fourth-order valence-corrected chi connectivity index (χ4v) is 3.66. The molecule has 1 aliphatic heterocycles. The van der Waals surface area contributed by atoms with Crippen molar-refractivity contribution >= 4 is 5.78 Å². The predicted molar refractivity (Wildman–Crippen MR) is 99.8 cm³/mol. The Morgan fingerprint density at radius 1 is 1.30 bits per heavy atom. The van der Waals surface area contributed by atoms with Crippen LogP contribution in [0.25, 0.3) is 0 Å². The number of hydrogen-bond donors (Lipinski definition) is 1. The van der Waals surface area contributed by atoms with Crippen LogP contribution in [0.3, 0.4) is 0 Å². The molecule has 0 bridgehead atoms. The van der Waals surface area contributed by atoms with Gasteiger partial charge in [0.2, 0.25) is 0 Å². The van der Waals surface area contributed by atoms with Crippen molar-refractivity contribution in [1.82, 2.24) is 0 Å². The predicted octanol–water partition coefficient (Wildman–Crippen LogP) is 5.68. The Morgan fingerprint density at radius 2 is 2.07 bits per heavy atom. The standard InChI is InChI=1S/C21H30F2O4/c1-3-6-14-9-10-15(27-13-14)7-5-8-17(24)16-11-12-18(26-4-2)19(20(16)25)21(22)23/h11-12,14-15,21,25H,3-10,13H2,1-2H3. The Kier molecular flexibility index (Phi) is 8.48. The molecule has 0 saturated carbocycles. The molecule has 2 unspecified atom stereocenters. The summed E-state index contributed by atoms with van der Waals surface area (Å²) in [7, 11) is 0. The highest BCUT2D eigenvalue weighted by molar-refractivity contribution is 5.99. The van der Waals surface area contributed by atoms with E-state index in [0.29, 0.717) is 12.3 Å². The Bertz CT molecular complexity index is 610. The van der Waals surface area contributed by atoms with Gasteiger partial charge in [-0.2, -0.15) is 0 Å². The largest absolute Gasteiger partial charge is 0.507 e. The summed E-state index contributed by atoms with van der Waals surface area (Å²) in [5.41, 5.74) is -0.679. The van der Waals surface area contributed by atoms with Crippen LogP contribution in [0.1, 0.15) is 81.1 Å². The molecule has 0 radical (unpaired) electrons. The van der Waals surface area contributed by atoms with E-state index in [2.05, 4.69) is 6.92 Å². The number of phenols is 1. The number of halogens is 2. The normalized spacial score (nSPS) is 20.0. The van der Waals surface area contributed by atoms with Crippen LogP contribution >= 0.6 is 0 Å². The molecular weight excluding hydrogens is 354 g/mol. The van der Waals surface area contributed by atoms with Crippen molar-refractivity contribution in [2.24, 2.45) is 5.92 Å². The average Bonchev–Trinajstić information content (AvgIpc) is 2.63. The Morgan fingerprint density at radius 3 is 2.67 bits per heavy atom. The van der Waals surface area contributed by atoms with Crippen LogP contribution in [-0.4, -0.2) is 30.2 Å². The fourth-order valence-electron chi connectivity index (χ4n) is 3.66. The van der Waals surface area contributed by atoms with Gasteiger partial charge in [-0.25, -0.2) is 8.78 Å². The molecule has 1 aromatic rings. The summed E-state index contributed by atoms with van der Waals surface area (Å²) in [6.07, 6.45) is 3.34. The van der Waals surface area contributed by atoms with E-state index in [0.717, 1.165) is 25.9 Å². The number of benzene rings is 1. The lowest BCUT2D eigenvalue weighted by Crippen LogP contribution is -2.25. The third-order valence-corrected chi connectivity index (χ3v) is 5.09. The van der Waals surface area contributed by atoms with Crippen LogP contribution in [-0.2, 0) is 4.74 Å². The molecule has 1 saturated heterocycles. The summed E-state index contributed by atoms with van der Waals surface area (Å²) in [4.78, 5) is 12.4. The van der Waals surface area contributed by atoms with E-state index >= 15 is 0 Å². The smallest absolute Gasteiger partial charge is 0.271 e.